The van der Waals surface area contributed by atoms with Crippen LogP contribution in [0.3, 0.4) is 0 Å². The smallest absolute Gasteiger partial charge is 0.130 e. The number of likely N-dealkylation sites (N-methyl/N-ethyl adjacent to an activating group) is 5. The van der Waals surface area contributed by atoms with E-state index in [0.29, 0.717) is 24.7 Å². The quantitative estimate of drug-likeness (QED) is 0.0576. The fourth-order valence-corrected chi connectivity index (χ4v) is 22.4. The zero-order valence-corrected chi connectivity index (χ0v) is 84.2. The van der Waals surface area contributed by atoms with Gasteiger partial charge < -0.3 is 62.0 Å². The molecule has 0 aliphatic carbocycles. The Hall–Kier alpha value is -11.4. The highest BCUT2D eigenvalue weighted by molar-refractivity contribution is 5.91. The van der Waals surface area contributed by atoms with E-state index in [1.54, 1.807) is 36.4 Å². The summed E-state index contributed by atoms with van der Waals surface area (Å²) in [5.41, 5.74) is 34.6. The molecule has 15 heterocycles. The number of benzene rings is 5. The predicted molar refractivity (Wildman–Crippen MR) is 559 cm³/mol. The van der Waals surface area contributed by atoms with Gasteiger partial charge >= 0.3 is 0 Å². The van der Waals surface area contributed by atoms with Crippen LogP contribution in [0.1, 0.15) is 235 Å². The number of aliphatic hydroxyl groups is 1. The maximum atomic E-state index is 12.0. The van der Waals surface area contributed by atoms with Crippen molar-refractivity contribution >= 4 is 66.1 Å². The molecule has 18 nitrogen and oxygen atoms in total. The third kappa shape index (κ3) is 22.7. The molecule has 136 heavy (non-hydrogen) atoms. The number of pyridine rings is 5. The van der Waals surface area contributed by atoms with Gasteiger partial charge in [0.15, 0.2) is 0 Å². The van der Waals surface area contributed by atoms with E-state index >= 15 is 0 Å². The van der Waals surface area contributed by atoms with Gasteiger partial charge in [-0.25, -0.2) is 0 Å². The van der Waals surface area contributed by atoms with E-state index in [9.17, 15) is 14.7 Å². The summed E-state index contributed by atoms with van der Waals surface area (Å²) in [6, 6.07) is 55.5. The summed E-state index contributed by atoms with van der Waals surface area (Å²) in [5.74, 6) is 2.14. The number of hydrogen-bond donors (Lipinski definition) is 1. The largest absolute Gasteiger partial charge is 0.393 e. The molecule has 6 unspecified atom stereocenters. The number of hydrogen-bond acceptors (Lipinski definition) is 13. The van der Waals surface area contributed by atoms with E-state index in [0.717, 1.165) is 137 Å². The van der Waals surface area contributed by atoms with Crippen LogP contribution >= 0.6 is 0 Å². The molecular formula is C118H147N15O3. The van der Waals surface area contributed by atoms with E-state index in [-0.39, 0.29) is 40.8 Å². The fraction of sp³-hybridized carbons (Fsp3) is 0.432. The van der Waals surface area contributed by atoms with E-state index in [2.05, 4.69) is 304 Å². The van der Waals surface area contributed by atoms with E-state index in [1.165, 1.54) is 170 Å². The third-order valence-electron chi connectivity index (χ3n) is 29.8. The second-order valence-electron chi connectivity index (χ2n) is 41.6. The van der Waals surface area contributed by atoms with Crippen LogP contribution in [0, 0.1) is 40.0 Å². The minimum Gasteiger partial charge on any atom is -0.393 e. The van der Waals surface area contributed by atoms with E-state index in [4.69, 9.17) is 0 Å². The average molecular weight is 1820 g/mol. The first-order valence-electron chi connectivity index (χ1n) is 50.3. The van der Waals surface area contributed by atoms with Crippen molar-refractivity contribution in [3.8, 4) is 0 Å². The summed E-state index contributed by atoms with van der Waals surface area (Å²) in [7, 11) is 11.1. The molecule has 5 aromatic carbocycles. The van der Waals surface area contributed by atoms with E-state index in [1.807, 2.05) is 86.2 Å². The lowest BCUT2D eigenvalue weighted by molar-refractivity contribution is -0.118. The van der Waals surface area contributed by atoms with Crippen molar-refractivity contribution in [2.75, 3.05) is 68.0 Å². The molecule has 20 rings (SSSR count). The number of carbonyl (C=O) groups excluding carboxylic acids is 2. The zero-order valence-electron chi connectivity index (χ0n) is 84.2. The van der Waals surface area contributed by atoms with Crippen LogP contribution in [0.15, 0.2) is 214 Å². The number of rotatable bonds is 25. The Labute approximate surface area is 808 Å². The van der Waals surface area contributed by atoms with Gasteiger partial charge in [-0.3, -0.25) is 24.9 Å². The van der Waals surface area contributed by atoms with Crippen molar-refractivity contribution in [3.63, 3.8) is 0 Å². The highest BCUT2D eigenvalue weighted by Gasteiger charge is 2.34. The Balaban J connectivity index is 0.000000123. The SMILES string of the molecule is CC(=O)CC(Cn1c2c(c3cc(C)ccc31)CN(C)CC2)c1ccncc1.CC(=O)CC(Cn1c2c(c3cc(C)ccc31)CN(C)CC2)c1ccncc1.CCCC(Cn1c2c(c3cc(C)ccc31)CN(C)CC2)c1ccncc1.CCCC(Cn1c2c(c3cc(C)ccc31)CN(C)CC2)c1ccncc1.Cc1ccc2c(c1)c1c(n2CC(CC(O)C(C)(C)C)c2ccncc2)CCN(C)C1. The molecule has 5 aliphatic heterocycles. The Morgan fingerprint density at radius 3 is 0.735 bits per heavy atom. The molecular weight excluding hydrogens is 1680 g/mol. The average Bonchev–Trinajstić information content (AvgIpc) is 1.62. The van der Waals surface area contributed by atoms with Crippen molar-refractivity contribution < 1.29 is 14.7 Å². The standard InChI is InChI=1S/C26H35N3O.2C23H27N3O.2C23H29N3/c1-18-6-7-23-21(14-18)22-17-28(5)13-10-24(22)29(23)16-20(15-25(30)26(2,3)4)19-8-11-27-12-9-19;2*1-16-4-5-22-20(12-16)21-15-25(3)11-8-23(21)26(22)14-19(13-17(2)27)18-6-9-24-10-7-18;2*1-4-5-19(18-8-11-24-12-9-18)15-26-22-7-6-17(2)14-20(22)21-16-25(3)13-10-23(21)26/h6-9,11-12,14,20,25,30H,10,13,15-17H2,1-5H3;2*4-7,9-10,12,19H,8,11,13-15H2,1-3H3;2*6-9,11-12,14,19H,4-5,10,13,15-16H2,1-3H3. The van der Waals surface area contributed by atoms with Gasteiger partial charge in [0.25, 0.3) is 0 Å². The minimum absolute atomic E-state index is 0.136. The summed E-state index contributed by atoms with van der Waals surface area (Å²) >= 11 is 0. The molecule has 0 fully saturated rings. The lowest BCUT2D eigenvalue weighted by Gasteiger charge is -2.31. The molecule has 5 aliphatic rings. The lowest BCUT2D eigenvalue weighted by atomic mass is 9.81. The highest BCUT2D eigenvalue weighted by Crippen LogP contribution is 2.43. The summed E-state index contributed by atoms with van der Waals surface area (Å²) in [4.78, 5) is 56.9. The van der Waals surface area contributed by atoms with Crippen LogP contribution in [0.4, 0.5) is 0 Å². The number of fused-ring (bicyclic) bond motifs is 15. The summed E-state index contributed by atoms with van der Waals surface area (Å²) in [6.45, 7) is 40.6. The molecule has 15 aromatic rings. The molecule has 0 saturated heterocycles. The number of Topliss-reactive ketones (excluding diaryl/α,β-unsaturated/α-hetero) is 2. The Morgan fingerprint density at radius 1 is 0.316 bits per heavy atom. The highest BCUT2D eigenvalue weighted by atomic mass is 16.3. The topological polar surface area (TPSA) is 160 Å². The van der Waals surface area contributed by atoms with Gasteiger partial charge in [-0.15, -0.1) is 0 Å². The lowest BCUT2D eigenvalue weighted by Crippen LogP contribution is -2.30. The number of carbonyl (C=O) groups is 2. The first-order valence-corrected chi connectivity index (χ1v) is 50.3. The van der Waals surface area contributed by atoms with Gasteiger partial charge in [0, 0.05) is 318 Å². The van der Waals surface area contributed by atoms with Crippen molar-refractivity contribution in [1.82, 2.24) is 72.3 Å². The number of aliphatic hydroxyl groups excluding tert-OH is 1. The van der Waals surface area contributed by atoms with Crippen LogP contribution < -0.4 is 0 Å². The molecule has 18 heteroatoms. The van der Waals surface area contributed by atoms with Gasteiger partial charge in [-0.05, 0) is 285 Å². The van der Waals surface area contributed by atoms with Crippen molar-refractivity contribution in [2.24, 2.45) is 5.41 Å². The number of aryl methyl sites for hydroxylation is 5. The van der Waals surface area contributed by atoms with Crippen LogP contribution in [-0.2, 0) is 107 Å². The molecule has 1 N–H and O–H groups in total. The number of ketones is 2. The molecule has 712 valence electrons. The molecule has 0 spiro atoms. The van der Waals surface area contributed by atoms with Gasteiger partial charge in [-0.1, -0.05) is 106 Å². The molecule has 10 aromatic heterocycles. The van der Waals surface area contributed by atoms with E-state index < -0.39 is 0 Å². The Bertz CT molecular complexity index is 6280. The summed E-state index contributed by atoms with van der Waals surface area (Å²) in [6.07, 6.45) is 30.6. The summed E-state index contributed by atoms with van der Waals surface area (Å²) in [5, 5.41) is 18.0. The second-order valence-corrected chi connectivity index (χ2v) is 41.6. The first kappa shape index (κ1) is 97.7. The normalized spacial score (nSPS) is 16.1. The van der Waals surface area contributed by atoms with Gasteiger partial charge in [-0.2, -0.15) is 0 Å². The fourth-order valence-electron chi connectivity index (χ4n) is 22.4. The van der Waals surface area contributed by atoms with Crippen LogP contribution in [0.2, 0.25) is 0 Å². The summed E-state index contributed by atoms with van der Waals surface area (Å²) < 4.78 is 12.7. The molecule has 0 amide bonds. The predicted octanol–water partition coefficient (Wildman–Crippen LogP) is 22.9. The van der Waals surface area contributed by atoms with Crippen LogP contribution in [0.25, 0.3) is 54.5 Å². The molecule has 0 bridgehead atoms. The van der Waals surface area contributed by atoms with Crippen molar-refractivity contribution in [3.05, 3.63) is 326 Å². The van der Waals surface area contributed by atoms with Gasteiger partial charge in [0.05, 0.1) is 6.10 Å². The Kier molecular flexibility index (Phi) is 31.6. The van der Waals surface area contributed by atoms with Crippen molar-refractivity contribution in [2.45, 2.75) is 261 Å². The first-order chi connectivity index (χ1) is 65.6. The third-order valence-corrected chi connectivity index (χ3v) is 29.8. The number of nitrogens with zero attached hydrogens (tertiary/aromatic N) is 15. The zero-order chi connectivity index (χ0) is 95.6. The van der Waals surface area contributed by atoms with Gasteiger partial charge in [0.2, 0.25) is 0 Å². The maximum absolute atomic E-state index is 12.0. The van der Waals surface area contributed by atoms with Crippen molar-refractivity contribution in [1.29, 1.82) is 0 Å². The minimum atomic E-state index is -0.360. The molecule has 0 radical (unpaired) electrons. The van der Waals surface area contributed by atoms with Gasteiger partial charge in [0.1, 0.15) is 11.6 Å². The molecule has 0 saturated carbocycles. The van der Waals surface area contributed by atoms with Crippen LogP contribution in [0.5, 0.6) is 0 Å². The van der Waals surface area contributed by atoms with Crippen LogP contribution in [-0.4, -0.2) is 163 Å². The maximum Gasteiger partial charge on any atom is 0.130 e. The number of aromatic nitrogens is 10. The molecule has 6 atom stereocenters. The monoisotopic (exact) mass is 1820 g/mol. The second kappa shape index (κ2) is 44.0. The Morgan fingerprint density at radius 2 is 0.522 bits per heavy atom.